The highest BCUT2D eigenvalue weighted by atomic mass is 32.1. The van der Waals surface area contributed by atoms with Crippen molar-refractivity contribution in [2.75, 3.05) is 0 Å². The smallest absolute Gasteiger partial charge is 0.145 e. The Morgan fingerprint density at radius 1 is 0.660 bits per heavy atom. The summed E-state index contributed by atoms with van der Waals surface area (Å²) in [5, 5.41) is 9.61. The monoisotopic (exact) mass is 759 g/mol. The molecule has 0 aliphatic carbocycles. The van der Waals surface area contributed by atoms with Gasteiger partial charge in [-0.05, 0) is 18.4 Å². The van der Waals surface area contributed by atoms with Gasteiger partial charge >= 0.3 is 0 Å². The Kier molecular flexibility index (Phi) is 19.6. The maximum Gasteiger partial charge on any atom is 0.145 e. The molecular formula is C45H82N4O3S. The molecule has 0 saturated carbocycles. The van der Waals surface area contributed by atoms with E-state index in [1.807, 2.05) is 77.7 Å². The zero-order valence-corrected chi connectivity index (χ0v) is 39.9. The molecule has 0 aliphatic rings. The van der Waals surface area contributed by atoms with Crippen LogP contribution in [-0.2, 0) is 43.7 Å². The molecule has 0 aliphatic heterocycles. The SMILES string of the molecule is CC(C)(C)C(=O)CC(=O)C(C)(C)C.CC(C)(C)c1cc(C(C)(C)C)on1.CC(C)(C)c1cnc(C(C)(C)C)s1.CCC.Cc1cc(C(C)(C)C)n(C)n1. The molecule has 0 amide bonds. The van der Waals surface area contributed by atoms with Gasteiger partial charge in [0.2, 0.25) is 0 Å². The van der Waals surface area contributed by atoms with Gasteiger partial charge in [-0.2, -0.15) is 5.10 Å². The molecule has 306 valence electrons. The van der Waals surface area contributed by atoms with Crippen LogP contribution in [0.2, 0.25) is 0 Å². The molecule has 3 aromatic heterocycles. The van der Waals surface area contributed by atoms with Gasteiger partial charge in [0.1, 0.15) is 17.3 Å². The zero-order valence-electron chi connectivity index (χ0n) is 39.1. The molecule has 53 heavy (non-hydrogen) atoms. The molecule has 3 aromatic rings. The Bertz CT molecular complexity index is 1380. The molecule has 0 unspecified atom stereocenters. The van der Waals surface area contributed by atoms with E-state index in [4.69, 9.17) is 4.52 Å². The Balaban J connectivity index is 0. The number of carbonyl (C=O) groups excluding carboxylic acids is 2. The normalized spacial score (nSPS) is 12.5. The van der Waals surface area contributed by atoms with E-state index in [0.717, 1.165) is 17.1 Å². The molecule has 0 spiro atoms. The summed E-state index contributed by atoms with van der Waals surface area (Å²) in [4.78, 5) is 28.8. The van der Waals surface area contributed by atoms with Crippen molar-refractivity contribution < 1.29 is 14.1 Å². The first-order valence-corrected chi connectivity index (χ1v) is 20.1. The fourth-order valence-electron chi connectivity index (χ4n) is 3.94. The number of carbonyl (C=O) groups is 2. The fourth-order valence-corrected chi connectivity index (χ4v) is 4.97. The third-order valence-corrected chi connectivity index (χ3v) is 9.52. The summed E-state index contributed by atoms with van der Waals surface area (Å²) in [5.41, 5.74) is 3.36. The topological polar surface area (TPSA) is 90.9 Å². The summed E-state index contributed by atoms with van der Waals surface area (Å²) >= 11 is 1.84. The van der Waals surface area contributed by atoms with Crippen molar-refractivity contribution in [3.63, 3.8) is 0 Å². The minimum absolute atomic E-state index is 0.0208. The summed E-state index contributed by atoms with van der Waals surface area (Å²) in [5.74, 6) is 0.997. The lowest BCUT2D eigenvalue weighted by Gasteiger charge is -2.20. The summed E-state index contributed by atoms with van der Waals surface area (Å²) in [6.07, 6.45) is 3.33. The van der Waals surface area contributed by atoms with Crippen molar-refractivity contribution in [1.82, 2.24) is 19.9 Å². The van der Waals surface area contributed by atoms with Crippen LogP contribution in [0.1, 0.15) is 205 Å². The van der Waals surface area contributed by atoms with Crippen LogP contribution in [0, 0.1) is 17.8 Å². The molecule has 7 nitrogen and oxygen atoms in total. The van der Waals surface area contributed by atoms with E-state index < -0.39 is 10.8 Å². The standard InChI is InChI=1S/C11H19NO.C11H19NS.C11H20O2.C9H16N2.C3H8/c1-10(2,3)8-7-9(13-12-8)11(4,5)6;1-10(2,3)8-7-12-9(13-8)11(4,5)6;1-10(2,3)8(12)7-9(13)11(4,5)6;1-7-6-8(9(2,3)4)11(5)10-7;1-3-2/h2*7H,1-6H3;7H2,1-6H3;6H,1-5H3;3H2,1-2H3. The summed E-state index contributed by atoms with van der Waals surface area (Å²) in [6, 6.07) is 4.19. The van der Waals surface area contributed by atoms with Gasteiger partial charge in [-0.25, -0.2) is 4.98 Å². The Hall–Kier alpha value is -2.61. The van der Waals surface area contributed by atoms with E-state index in [1.165, 1.54) is 22.0 Å². The van der Waals surface area contributed by atoms with E-state index in [9.17, 15) is 9.59 Å². The molecule has 0 N–H and O–H groups in total. The number of Topliss-reactive ketones (excluding diaryl/α,β-unsaturated/α-hetero) is 2. The molecule has 0 aromatic carbocycles. The van der Waals surface area contributed by atoms with Crippen LogP contribution < -0.4 is 0 Å². The van der Waals surface area contributed by atoms with Gasteiger partial charge in [0.15, 0.2) is 0 Å². The van der Waals surface area contributed by atoms with Crippen molar-refractivity contribution in [2.24, 2.45) is 17.9 Å². The Morgan fingerprint density at radius 2 is 1.09 bits per heavy atom. The second-order valence-corrected chi connectivity index (χ2v) is 22.4. The average Bonchev–Trinajstić information content (AvgIpc) is 3.68. The molecule has 8 heteroatoms. The average molecular weight is 759 g/mol. The Labute approximate surface area is 330 Å². The van der Waals surface area contributed by atoms with Crippen molar-refractivity contribution in [2.45, 2.75) is 206 Å². The van der Waals surface area contributed by atoms with Crippen LogP contribution >= 0.6 is 11.3 Å². The van der Waals surface area contributed by atoms with Gasteiger partial charge < -0.3 is 4.52 Å². The van der Waals surface area contributed by atoms with Crippen LogP contribution in [-0.4, -0.2) is 31.5 Å². The molecule has 0 radical (unpaired) electrons. The highest BCUT2D eigenvalue weighted by Gasteiger charge is 2.29. The molecule has 0 saturated heterocycles. The third kappa shape index (κ3) is 20.6. The molecular weight excluding hydrogens is 677 g/mol. The van der Waals surface area contributed by atoms with E-state index in [2.05, 4.69) is 145 Å². The lowest BCUT2D eigenvalue weighted by molar-refractivity contribution is -0.135. The van der Waals surface area contributed by atoms with Crippen molar-refractivity contribution >= 4 is 22.9 Å². The molecule has 3 heterocycles. The number of rotatable bonds is 2. The molecule has 0 fully saturated rings. The molecule has 0 atom stereocenters. The predicted molar refractivity (Wildman–Crippen MR) is 230 cm³/mol. The highest BCUT2D eigenvalue weighted by molar-refractivity contribution is 7.11. The maximum atomic E-state index is 11.5. The minimum atomic E-state index is -0.402. The van der Waals surface area contributed by atoms with Gasteiger partial charge in [0.25, 0.3) is 0 Å². The third-order valence-electron chi connectivity index (χ3n) is 7.67. The van der Waals surface area contributed by atoms with Crippen molar-refractivity contribution in [3.8, 4) is 0 Å². The summed E-state index contributed by atoms with van der Waals surface area (Å²) in [7, 11) is 1.99. The maximum absolute atomic E-state index is 11.5. The summed E-state index contributed by atoms with van der Waals surface area (Å²) in [6.45, 7) is 50.0. The number of hydrogen-bond donors (Lipinski definition) is 0. The largest absolute Gasteiger partial charge is 0.361 e. The van der Waals surface area contributed by atoms with E-state index in [0.29, 0.717) is 0 Å². The quantitative estimate of drug-likeness (QED) is 0.242. The minimum Gasteiger partial charge on any atom is -0.361 e. The zero-order chi connectivity index (χ0) is 42.8. The van der Waals surface area contributed by atoms with E-state index in [1.54, 1.807) is 0 Å². The van der Waals surface area contributed by atoms with Crippen LogP contribution in [0.4, 0.5) is 0 Å². The van der Waals surface area contributed by atoms with Gasteiger partial charge in [0.05, 0.1) is 22.8 Å². The number of aryl methyl sites for hydroxylation is 2. The van der Waals surface area contributed by atoms with Crippen LogP contribution in [0.3, 0.4) is 0 Å². The van der Waals surface area contributed by atoms with E-state index in [-0.39, 0.29) is 45.1 Å². The first-order chi connectivity index (χ1) is 23.3. The lowest BCUT2D eigenvalue weighted by atomic mass is 9.82. The molecule has 0 bridgehead atoms. The van der Waals surface area contributed by atoms with Gasteiger partial charge in [-0.15, -0.1) is 11.3 Å². The predicted octanol–water partition coefficient (Wildman–Crippen LogP) is 13.1. The van der Waals surface area contributed by atoms with Crippen LogP contribution in [0.15, 0.2) is 22.9 Å². The molecule has 3 rings (SSSR count). The first kappa shape index (κ1) is 52.5. The number of nitrogens with zero attached hydrogens (tertiary/aromatic N) is 4. The Morgan fingerprint density at radius 3 is 1.28 bits per heavy atom. The van der Waals surface area contributed by atoms with Crippen molar-refractivity contribution in [3.05, 3.63) is 51.1 Å². The van der Waals surface area contributed by atoms with Crippen LogP contribution in [0.25, 0.3) is 0 Å². The van der Waals surface area contributed by atoms with E-state index >= 15 is 0 Å². The number of thiazole rings is 1. The van der Waals surface area contributed by atoms with Gasteiger partial charge in [-0.3, -0.25) is 14.3 Å². The van der Waals surface area contributed by atoms with Gasteiger partial charge in [0, 0.05) is 62.4 Å². The van der Waals surface area contributed by atoms with Gasteiger partial charge in [-0.1, -0.05) is 171 Å². The lowest BCUT2D eigenvalue weighted by Crippen LogP contribution is -2.28. The number of aromatic nitrogens is 4. The number of ketones is 2. The van der Waals surface area contributed by atoms with Crippen molar-refractivity contribution in [1.29, 1.82) is 0 Å². The second-order valence-electron chi connectivity index (χ2n) is 21.4. The fraction of sp³-hybridized carbons (Fsp3) is 0.756. The first-order valence-electron chi connectivity index (χ1n) is 19.3. The highest BCUT2D eigenvalue weighted by Crippen LogP contribution is 2.33. The number of hydrogen-bond acceptors (Lipinski definition) is 7. The second kappa shape index (κ2) is 19.8. The van der Waals surface area contributed by atoms with Crippen LogP contribution in [0.5, 0.6) is 0 Å². The summed E-state index contributed by atoms with van der Waals surface area (Å²) < 4.78 is 7.26.